The molecule has 0 aromatic heterocycles. The van der Waals surface area contributed by atoms with Gasteiger partial charge in [0.05, 0.1) is 22.7 Å². The van der Waals surface area contributed by atoms with Crippen molar-refractivity contribution in [1.82, 2.24) is 0 Å². The highest BCUT2D eigenvalue weighted by Crippen LogP contribution is 2.54. The first-order valence-corrected chi connectivity index (χ1v) is 20.7. The van der Waals surface area contributed by atoms with E-state index in [-0.39, 0.29) is 0 Å². The highest BCUT2D eigenvalue weighted by molar-refractivity contribution is 7.99. The maximum absolute atomic E-state index is 6.68. The third kappa shape index (κ3) is 6.38. The van der Waals surface area contributed by atoms with Crippen molar-refractivity contribution in [2.24, 2.45) is 0 Å². The summed E-state index contributed by atoms with van der Waals surface area (Å²) in [6.07, 6.45) is 0. The lowest BCUT2D eigenvalue weighted by atomic mass is 10.0. The van der Waals surface area contributed by atoms with Crippen molar-refractivity contribution in [2.45, 2.75) is 9.79 Å². The van der Waals surface area contributed by atoms with Gasteiger partial charge in [0, 0.05) is 44.3 Å². The van der Waals surface area contributed by atoms with Crippen molar-refractivity contribution < 1.29 is 4.74 Å². The first-order chi connectivity index (χ1) is 29.2. The average Bonchev–Trinajstić information content (AvgIpc) is 3.31. The maximum atomic E-state index is 6.68. The van der Waals surface area contributed by atoms with Gasteiger partial charge in [0.15, 0.2) is 11.5 Å². The summed E-state index contributed by atoms with van der Waals surface area (Å²) in [7, 11) is 0. The van der Waals surface area contributed by atoms with Gasteiger partial charge in [-0.1, -0.05) is 133 Å². The maximum Gasteiger partial charge on any atom is 0.153 e. The van der Waals surface area contributed by atoms with Gasteiger partial charge in [-0.2, -0.15) is 0 Å². The predicted molar refractivity (Wildman–Crippen MR) is 246 cm³/mol. The summed E-state index contributed by atoms with van der Waals surface area (Å²) in [6.45, 7) is 0. The molecular weight excluding hydrogens is 739 g/mol. The van der Waals surface area contributed by atoms with Gasteiger partial charge in [0.25, 0.3) is 0 Å². The van der Waals surface area contributed by atoms with Gasteiger partial charge < -0.3 is 19.4 Å². The summed E-state index contributed by atoms with van der Waals surface area (Å²) in [4.78, 5) is 9.44. The molecule has 280 valence electrons. The Kier molecular flexibility index (Phi) is 8.72. The second-order valence-electron chi connectivity index (χ2n) is 14.6. The number of hydrogen-bond acceptors (Lipinski definition) is 5. The van der Waals surface area contributed by atoms with Crippen molar-refractivity contribution in [3.63, 3.8) is 0 Å². The average molecular weight is 776 g/mol. The molecule has 9 aromatic carbocycles. The number of rotatable bonds is 7. The fraction of sp³-hybridized carbons (Fsp3) is 0. The minimum atomic E-state index is 0.797. The molecule has 4 nitrogen and oxygen atoms in total. The molecule has 9 aromatic rings. The Morgan fingerprint density at radius 3 is 1.46 bits per heavy atom. The Bertz CT molecular complexity index is 2940. The number of fused-ring (bicyclic) bond motifs is 4. The number of hydrogen-bond donors (Lipinski definition) is 0. The standard InChI is InChI=1S/C54H37N3OS/c1-4-14-38(15-5-1)39-24-29-44(30-25-39)55(46-33-35-48-52(37-46)58-51-22-12-10-20-47(51)56(48)42-16-6-2-7-17-42)45-31-26-40(27-32-45)41-28-34-50-54(36-41)59-53-23-13-11-21-49(53)57(50)43-18-8-3-9-19-43/h1-37H. The van der Waals surface area contributed by atoms with E-state index in [0.717, 1.165) is 56.9 Å². The quantitative estimate of drug-likeness (QED) is 0.160. The van der Waals surface area contributed by atoms with Crippen LogP contribution in [0.25, 0.3) is 22.3 Å². The van der Waals surface area contributed by atoms with Crippen LogP contribution in [0.3, 0.4) is 0 Å². The molecule has 2 aliphatic rings. The molecule has 0 amide bonds. The first-order valence-electron chi connectivity index (χ1n) is 19.8. The lowest BCUT2D eigenvalue weighted by Crippen LogP contribution is -2.16. The Balaban J connectivity index is 0.980. The van der Waals surface area contributed by atoms with E-state index in [0.29, 0.717) is 0 Å². The fourth-order valence-electron chi connectivity index (χ4n) is 8.22. The predicted octanol–water partition coefficient (Wildman–Crippen LogP) is 16.0. The van der Waals surface area contributed by atoms with Gasteiger partial charge in [-0.3, -0.25) is 0 Å². The van der Waals surface area contributed by atoms with E-state index in [9.17, 15) is 0 Å². The van der Waals surface area contributed by atoms with E-state index < -0.39 is 0 Å². The molecule has 0 unspecified atom stereocenters. The fourth-order valence-corrected chi connectivity index (χ4v) is 9.31. The third-order valence-corrected chi connectivity index (χ3v) is 12.1. The Morgan fingerprint density at radius 1 is 0.322 bits per heavy atom. The van der Waals surface area contributed by atoms with Crippen LogP contribution in [0, 0.1) is 0 Å². The topological polar surface area (TPSA) is 19.0 Å². The normalized spacial score (nSPS) is 12.4. The van der Waals surface area contributed by atoms with Gasteiger partial charge in [-0.15, -0.1) is 0 Å². The minimum absolute atomic E-state index is 0.797. The van der Waals surface area contributed by atoms with Crippen molar-refractivity contribution in [3.8, 4) is 33.8 Å². The minimum Gasteiger partial charge on any atom is -0.453 e. The number of anilines is 9. The van der Waals surface area contributed by atoms with Crippen molar-refractivity contribution in [2.75, 3.05) is 14.7 Å². The van der Waals surface area contributed by atoms with Crippen LogP contribution in [0.1, 0.15) is 0 Å². The number of benzene rings is 9. The van der Waals surface area contributed by atoms with Crippen LogP contribution in [0.15, 0.2) is 234 Å². The van der Waals surface area contributed by atoms with Crippen LogP contribution >= 0.6 is 11.8 Å². The van der Waals surface area contributed by atoms with Gasteiger partial charge >= 0.3 is 0 Å². The van der Waals surface area contributed by atoms with E-state index >= 15 is 0 Å². The van der Waals surface area contributed by atoms with Crippen molar-refractivity contribution in [3.05, 3.63) is 224 Å². The second kappa shape index (κ2) is 14.8. The van der Waals surface area contributed by atoms with E-state index in [2.05, 4.69) is 227 Å². The molecule has 0 bridgehead atoms. The van der Waals surface area contributed by atoms with Crippen LogP contribution in [-0.2, 0) is 0 Å². The van der Waals surface area contributed by atoms with Crippen LogP contribution in [0.2, 0.25) is 0 Å². The molecule has 0 fully saturated rings. The Morgan fingerprint density at radius 2 is 0.780 bits per heavy atom. The molecular formula is C54H37N3OS. The van der Waals surface area contributed by atoms with Crippen LogP contribution in [0.5, 0.6) is 11.5 Å². The lowest BCUT2D eigenvalue weighted by Gasteiger charge is -2.34. The molecule has 0 aliphatic carbocycles. The third-order valence-electron chi connectivity index (χ3n) is 11.0. The summed E-state index contributed by atoms with van der Waals surface area (Å²) in [5.41, 5.74) is 14.4. The molecule has 0 saturated carbocycles. The SMILES string of the molecule is c1ccc(-c2ccc(N(c3ccc(-c4ccc5c(c4)Sc4ccccc4N5c4ccccc4)cc3)c3ccc4c(c3)Oc3ccccc3N4c3ccccc3)cc2)cc1. The largest absolute Gasteiger partial charge is 0.453 e. The molecule has 5 heteroatoms. The highest BCUT2D eigenvalue weighted by atomic mass is 32.2. The molecule has 0 saturated heterocycles. The summed E-state index contributed by atoms with van der Waals surface area (Å²) in [5, 5.41) is 0. The highest BCUT2D eigenvalue weighted by Gasteiger charge is 2.28. The molecule has 11 rings (SSSR count). The Hall–Kier alpha value is -7.47. The molecule has 0 radical (unpaired) electrons. The van der Waals surface area contributed by atoms with Crippen LogP contribution < -0.4 is 19.4 Å². The first kappa shape index (κ1) is 34.8. The molecule has 0 N–H and O–H groups in total. The van der Waals surface area contributed by atoms with Crippen molar-refractivity contribution in [1.29, 1.82) is 0 Å². The zero-order valence-electron chi connectivity index (χ0n) is 32.0. The number of nitrogens with zero attached hydrogens (tertiary/aromatic N) is 3. The molecule has 59 heavy (non-hydrogen) atoms. The summed E-state index contributed by atoms with van der Waals surface area (Å²) in [6, 6.07) is 79.7. The van der Waals surface area contributed by atoms with Gasteiger partial charge in [0.2, 0.25) is 0 Å². The summed E-state index contributed by atoms with van der Waals surface area (Å²) >= 11 is 1.83. The molecule has 2 aliphatic heterocycles. The van der Waals surface area contributed by atoms with E-state index in [1.165, 1.54) is 37.9 Å². The van der Waals surface area contributed by atoms with Gasteiger partial charge in [0.1, 0.15) is 0 Å². The zero-order valence-corrected chi connectivity index (χ0v) is 32.8. The molecule has 0 atom stereocenters. The van der Waals surface area contributed by atoms with E-state index in [4.69, 9.17) is 4.74 Å². The van der Waals surface area contributed by atoms with E-state index in [1.807, 2.05) is 23.9 Å². The van der Waals surface area contributed by atoms with Crippen LogP contribution in [-0.4, -0.2) is 0 Å². The van der Waals surface area contributed by atoms with Gasteiger partial charge in [-0.25, -0.2) is 0 Å². The number of para-hydroxylation sites is 5. The van der Waals surface area contributed by atoms with E-state index in [1.54, 1.807) is 0 Å². The number of ether oxygens (including phenoxy) is 1. The van der Waals surface area contributed by atoms with Crippen LogP contribution in [0.4, 0.5) is 51.2 Å². The molecule has 2 heterocycles. The lowest BCUT2D eigenvalue weighted by molar-refractivity contribution is 0.477. The van der Waals surface area contributed by atoms with Gasteiger partial charge in [-0.05, 0) is 119 Å². The summed E-state index contributed by atoms with van der Waals surface area (Å²) in [5.74, 6) is 1.62. The smallest absolute Gasteiger partial charge is 0.153 e. The monoisotopic (exact) mass is 775 g/mol. The zero-order chi connectivity index (χ0) is 39.1. The summed E-state index contributed by atoms with van der Waals surface area (Å²) < 4.78 is 6.68. The molecule has 0 spiro atoms. The Labute approximate surface area is 348 Å². The van der Waals surface area contributed by atoms with Crippen molar-refractivity contribution >= 4 is 62.9 Å². The second-order valence-corrected chi connectivity index (χ2v) is 15.7.